The molecular formula is C16H28N4O2. The summed E-state index contributed by atoms with van der Waals surface area (Å²) in [6.07, 6.45) is 8.18. The molecule has 0 radical (unpaired) electrons. The van der Waals surface area contributed by atoms with Gasteiger partial charge in [-0.2, -0.15) is 0 Å². The molecule has 0 saturated heterocycles. The number of hydrogen-bond acceptors (Lipinski definition) is 4. The number of nitrogens with one attached hydrogen (secondary N) is 2. The molecule has 22 heavy (non-hydrogen) atoms. The molecule has 0 aromatic heterocycles. The van der Waals surface area contributed by atoms with Crippen LogP contribution >= 0.6 is 0 Å². The summed E-state index contributed by atoms with van der Waals surface area (Å²) in [4.78, 5) is 9.19. The van der Waals surface area contributed by atoms with Gasteiger partial charge in [0.25, 0.3) is 0 Å². The van der Waals surface area contributed by atoms with Crippen molar-refractivity contribution in [2.24, 2.45) is 9.98 Å². The number of aliphatic imine (C=N–C) groups is 2. The van der Waals surface area contributed by atoms with E-state index in [1.54, 1.807) is 7.11 Å². The maximum Gasteiger partial charge on any atom is 0.218 e. The minimum absolute atomic E-state index is 0.155. The van der Waals surface area contributed by atoms with Crippen LogP contribution in [0.15, 0.2) is 21.9 Å². The maximum atomic E-state index is 9.59. The van der Waals surface area contributed by atoms with E-state index in [-0.39, 0.29) is 24.2 Å². The summed E-state index contributed by atoms with van der Waals surface area (Å²) >= 11 is 0. The van der Waals surface area contributed by atoms with Crippen molar-refractivity contribution in [3.8, 4) is 0 Å². The topological polar surface area (TPSA) is 78.2 Å². The van der Waals surface area contributed by atoms with Gasteiger partial charge in [-0.05, 0) is 45.1 Å². The third-order valence-electron chi connectivity index (χ3n) is 4.12. The molecule has 1 saturated carbocycles. The van der Waals surface area contributed by atoms with Gasteiger partial charge in [-0.25, -0.2) is 9.98 Å². The third-order valence-corrected chi connectivity index (χ3v) is 4.12. The van der Waals surface area contributed by atoms with Gasteiger partial charge < -0.3 is 20.5 Å². The molecule has 2 rings (SSSR count). The molecule has 0 aromatic carbocycles. The van der Waals surface area contributed by atoms with Crippen LogP contribution in [0, 0.1) is 0 Å². The summed E-state index contributed by atoms with van der Waals surface area (Å²) in [5.74, 6) is 1.51. The van der Waals surface area contributed by atoms with Crippen LogP contribution in [0.2, 0.25) is 0 Å². The first-order chi connectivity index (χ1) is 10.6. The molecule has 124 valence electrons. The Kier molecular flexibility index (Phi) is 6.24. The highest BCUT2D eigenvalue weighted by Gasteiger charge is 2.25. The van der Waals surface area contributed by atoms with Crippen molar-refractivity contribution < 1.29 is 9.84 Å². The summed E-state index contributed by atoms with van der Waals surface area (Å²) in [6, 6.07) is 0.664. The van der Waals surface area contributed by atoms with E-state index in [4.69, 9.17) is 9.73 Å². The molecule has 1 heterocycles. The average Bonchev–Trinajstić information content (AvgIpc) is 2.46. The quantitative estimate of drug-likeness (QED) is 0.532. The van der Waals surface area contributed by atoms with Crippen LogP contribution in [0.5, 0.6) is 0 Å². The Morgan fingerprint density at radius 3 is 2.77 bits per heavy atom. The van der Waals surface area contributed by atoms with E-state index >= 15 is 0 Å². The number of aliphatic hydroxyl groups is 1. The van der Waals surface area contributed by atoms with Gasteiger partial charge in [0.2, 0.25) is 5.96 Å². The number of rotatable bonds is 5. The van der Waals surface area contributed by atoms with Crippen molar-refractivity contribution >= 4 is 12.2 Å². The van der Waals surface area contributed by atoms with E-state index in [1.807, 2.05) is 6.21 Å². The van der Waals surface area contributed by atoms with Crippen molar-refractivity contribution in [1.29, 1.82) is 0 Å². The predicted octanol–water partition coefficient (Wildman–Crippen LogP) is 1.56. The second kappa shape index (κ2) is 8.17. The van der Waals surface area contributed by atoms with Crippen LogP contribution in [0.1, 0.15) is 46.0 Å². The Morgan fingerprint density at radius 1 is 1.50 bits per heavy atom. The molecule has 1 aliphatic heterocycles. The molecule has 6 heteroatoms. The maximum absolute atomic E-state index is 9.59. The molecule has 0 aromatic rings. The number of methoxy groups -OCH3 is 1. The lowest BCUT2D eigenvalue weighted by Gasteiger charge is -2.32. The molecule has 1 unspecified atom stereocenters. The van der Waals surface area contributed by atoms with E-state index in [0.717, 1.165) is 38.0 Å². The van der Waals surface area contributed by atoms with Crippen LogP contribution in [0.3, 0.4) is 0 Å². The fourth-order valence-electron chi connectivity index (χ4n) is 2.66. The molecule has 0 spiro atoms. The van der Waals surface area contributed by atoms with E-state index < -0.39 is 0 Å². The zero-order chi connectivity index (χ0) is 15.9. The normalized spacial score (nSPS) is 30.3. The van der Waals surface area contributed by atoms with Crippen LogP contribution < -0.4 is 10.6 Å². The number of guanidine groups is 1. The number of ether oxygens (including phenoxy) is 1. The van der Waals surface area contributed by atoms with Crippen molar-refractivity contribution in [3.63, 3.8) is 0 Å². The van der Waals surface area contributed by atoms with E-state index in [0.29, 0.717) is 5.96 Å². The molecule has 2 atom stereocenters. The van der Waals surface area contributed by atoms with Gasteiger partial charge in [0, 0.05) is 6.21 Å². The van der Waals surface area contributed by atoms with Crippen molar-refractivity contribution in [2.45, 2.75) is 70.2 Å². The lowest BCUT2D eigenvalue weighted by molar-refractivity contribution is 0.123. The average molecular weight is 308 g/mol. The van der Waals surface area contributed by atoms with Crippen molar-refractivity contribution in [1.82, 2.24) is 10.6 Å². The van der Waals surface area contributed by atoms with Crippen LogP contribution in [-0.4, -0.2) is 48.6 Å². The number of aliphatic hydroxyl groups excluding tert-OH is 1. The highest BCUT2D eigenvalue weighted by molar-refractivity contribution is 5.88. The standard InChI is InChI=1S/C16H28N4O2/c1-4-9-17-16(19-12-5-7-13(21)8-6-12)18-11(2)14-10-15(20-14)22-3/h9-14,20-21H,4-8H2,1-3H3,(H,18,19)/t11-,12?,13?,14?/m0/s1. The van der Waals surface area contributed by atoms with Crippen molar-refractivity contribution in [2.75, 3.05) is 7.11 Å². The highest BCUT2D eigenvalue weighted by atomic mass is 16.5. The smallest absolute Gasteiger partial charge is 0.218 e. The van der Waals surface area contributed by atoms with Gasteiger partial charge in [-0.3, -0.25) is 0 Å². The number of hydrogen-bond donors (Lipinski definition) is 3. The molecule has 3 N–H and O–H groups in total. The van der Waals surface area contributed by atoms with Crippen LogP contribution in [-0.2, 0) is 4.74 Å². The molecule has 1 fully saturated rings. The first-order valence-electron chi connectivity index (χ1n) is 8.19. The van der Waals surface area contributed by atoms with E-state index in [1.165, 1.54) is 0 Å². The SMILES string of the molecule is CCC=NC(=NC1CCC(O)CC1)N[C@@H](C)C1C=C(OC)N1. The zero-order valence-electron chi connectivity index (χ0n) is 13.7. The molecule has 1 aliphatic carbocycles. The molecule has 0 amide bonds. The van der Waals surface area contributed by atoms with Gasteiger partial charge in [-0.15, -0.1) is 0 Å². The second-order valence-electron chi connectivity index (χ2n) is 5.97. The molecule has 6 nitrogen and oxygen atoms in total. The fraction of sp³-hybridized carbons (Fsp3) is 0.750. The van der Waals surface area contributed by atoms with E-state index in [9.17, 15) is 5.11 Å². The Hall–Kier alpha value is -1.56. The van der Waals surface area contributed by atoms with Crippen LogP contribution in [0.4, 0.5) is 0 Å². The summed E-state index contributed by atoms with van der Waals surface area (Å²) in [6.45, 7) is 4.16. The minimum atomic E-state index is -0.155. The summed E-state index contributed by atoms with van der Waals surface area (Å²) in [7, 11) is 1.66. The molecular weight excluding hydrogens is 280 g/mol. The lowest BCUT2D eigenvalue weighted by Crippen LogP contribution is -2.52. The predicted molar refractivity (Wildman–Crippen MR) is 89.1 cm³/mol. The lowest BCUT2D eigenvalue weighted by atomic mass is 9.94. The Labute approximate surface area is 132 Å². The summed E-state index contributed by atoms with van der Waals surface area (Å²) < 4.78 is 5.11. The molecule has 0 bridgehead atoms. The fourth-order valence-corrected chi connectivity index (χ4v) is 2.66. The van der Waals surface area contributed by atoms with Gasteiger partial charge >= 0.3 is 0 Å². The van der Waals surface area contributed by atoms with Gasteiger partial charge in [0.15, 0.2) is 5.88 Å². The summed E-state index contributed by atoms with van der Waals surface area (Å²) in [5.41, 5.74) is 0. The van der Waals surface area contributed by atoms with Crippen LogP contribution in [0.25, 0.3) is 0 Å². The molecule has 2 aliphatic rings. The van der Waals surface area contributed by atoms with E-state index in [2.05, 4.69) is 35.5 Å². The Balaban J connectivity index is 1.94. The first-order valence-corrected chi connectivity index (χ1v) is 8.19. The highest BCUT2D eigenvalue weighted by Crippen LogP contribution is 2.21. The van der Waals surface area contributed by atoms with Gasteiger partial charge in [-0.1, -0.05) is 6.92 Å². The minimum Gasteiger partial charge on any atom is -0.483 e. The van der Waals surface area contributed by atoms with Crippen molar-refractivity contribution in [3.05, 3.63) is 12.0 Å². The Bertz CT molecular complexity index is 439. The largest absolute Gasteiger partial charge is 0.483 e. The number of nitrogens with zero attached hydrogens (tertiary/aromatic N) is 2. The third kappa shape index (κ3) is 4.73. The summed E-state index contributed by atoms with van der Waals surface area (Å²) in [5, 5.41) is 16.2. The Morgan fingerprint density at radius 2 is 2.18 bits per heavy atom. The first kappa shape index (κ1) is 16.8. The van der Waals surface area contributed by atoms with Gasteiger partial charge in [0.1, 0.15) is 0 Å². The van der Waals surface area contributed by atoms with Gasteiger partial charge in [0.05, 0.1) is 31.3 Å². The monoisotopic (exact) mass is 308 g/mol. The second-order valence-corrected chi connectivity index (χ2v) is 5.97. The zero-order valence-corrected chi connectivity index (χ0v) is 13.7.